The van der Waals surface area contributed by atoms with Crippen molar-refractivity contribution in [2.24, 2.45) is 5.41 Å². The van der Waals surface area contributed by atoms with Crippen LogP contribution >= 0.6 is 11.6 Å². The molecular formula is C35H38ClN3O6. The van der Waals surface area contributed by atoms with Gasteiger partial charge in [0.15, 0.2) is 5.43 Å². The number of likely N-dealkylation sites (tertiary alicyclic amines) is 1. The Morgan fingerprint density at radius 1 is 1.04 bits per heavy atom. The van der Waals surface area contributed by atoms with E-state index in [1.165, 1.54) is 12.1 Å². The molecule has 2 atom stereocenters. The first-order valence-electron chi connectivity index (χ1n) is 15.3. The molecule has 0 aliphatic carbocycles. The molecule has 2 N–H and O–H groups in total. The molecule has 0 unspecified atom stereocenters. The zero-order valence-electron chi connectivity index (χ0n) is 26.0. The second kappa shape index (κ2) is 12.0. The molecule has 2 fully saturated rings. The van der Waals surface area contributed by atoms with Crippen LogP contribution in [0.5, 0.6) is 11.5 Å². The third-order valence-corrected chi connectivity index (χ3v) is 9.65. The number of esters is 1. The third kappa shape index (κ3) is 5.99. The van der Waals surface area contributed by atoms with Crippen LogP contribution in [-0.2, 0) is 9.53 Å². The lowest BCUT2D eigenvalue weighted by molar-refractivity contribution is -0.165. The fourth-order valence-electron chi connectivity index (χ4n) is 6.73. The first-order chi connectivity index (χ1) is 21.4. The van der Waals surface area contributed by atoms with Gasteiger partial charge in [-0.05, 0) is 77.9 Å². The number of halogens is 1. The molecule has 9 nitrogen and oxygen atoms in total. The molecule has 0 spiro atoms. The Hall–Kier alpha value is -4.08. The highest BCUT2D eigenvalue weighted by atomic mass is 35.5. The zero-order valence-corrected chi connectivity index (χ0v) is 26.7. The molecule has 0 saturated carbocycles. The summed E-state index contributed by atoms with van der Waals surface area (Å²) in [7, 11) is 1.96. The van der Waals surface area contributed by atoms with Crippen LogP contribution in [0, 0.1) is 19.3 Å². The van der Waals surface area contributed by atoms with E-state index < -0.39 is 22.9 Å². The molecule has 2 aromatic heterocycles. The van der Waals surface area contributed by atoms with Crippen LogP contribution in [0.4, 0.5) is 5.69 Å². The number of aromatic nitrogens is 1. The standard InChI is InChI=1S/C35H38ClN3O6/c1-20-15-22(16-21(2)37-20)39-13-10-35(3,11-14-39)34(43)45-30-19-38(4)12-9-24(30)31-26(40)17-27(41)32-28(42)18-29(44-33(31)32)23-7-5-6-8-25(23)36/h5-8,15-18,24,30,40-41H,9-14,19H2,1-4H3/t24-,30+/m0/s1. The fourth-order valence-corrected chi connectivity index (χ4v) is 6.96. The van der Waals surface area contributed by atoms with E-state index in [0.29, 0.717) is 61.6 Å². The first kappa shape index (κ1) is 30.9. The predicted molar refractivity (Wildman–Crippen MR) is 174 cm³/mol. The molecule has 0 radical (unpaired) electrons. The summed E-state index contributed by atoms with van der Waals surface area (Å²) in [5, 5.41) is 22.3. The summed E-state index contributed by atoms with van der Waals surface area (Å²) in [6, 6.07) is 13.6. The van der Waals surface area contributed by atoms with Crippen molar-refractivity contribution in [3.05, 3.63) is 80.7 Å². The van der Waals surface area contributed by atoms with Crippen molar-refractivity contribution in [2.45, 2.75) is 52.1 Å². The topological polar surface area (TPSA) is 116 Å². The van der Waals surface area contributed by atoms with Gasteiger partial charge in [0.1, 0.15) is 34.3 Å². The number of phenolic OH excluding ortho intramolecular Hbond substituents is 2. The SMILES string of the molecule is Cc1cc(N2CCC(C)(C(=O)O[C@@H]3CN(C)CC[C@@H]3c3c(O)cc(O)c4c(=O)cc(-c5ccccc5Cl)oc34)CC2)cc(C)n1. The summed E-state index contributed by atoms with van der Waals surface area (Å²) in [5.74, 6) is -1.16. The van der Waals surface area contributed by atoms with E-state index in [0.717, 1.165) is 17.1 Å². The van der Waals surface area contributed by atoms with Crippen molar-refractivity contribution in [2.75, 3.05) is 38.1 Å². The Kier molecular flexibility index (Phi) is 8.26. The molecule has 236 valence electrons. The van der Waals surface area contributed by atoms with Gasteiger partial charge in [-0.3, -0.25) is 14.6 Å². The molecule has 2 saturated heterocycles. The van der Waals surface area contributed by atoms with Crippen LogP contribution in [-0.4, -0.2) is 65.4 Å². The number of nitrogens with zero attached hydrogens (tertiary/aromatic N) is 3. The number of benzene rings is 2. The number of hydrogen-bond acceptors (Lipinski definition) is 9. The van der Waals surface area contributed by atoms with Gasteiger partial charge in [-0.2, -0.15) is 0 Å². The van der Waals surface area contributed by atoms with Gasteiger partial charge in [0.05, 0.1) is 10.4 Å². The maximum absolute atomic E-state index is 13.9. The molecular weight excluding hydrogens is 594 g/mol. The van der Waals surface area contributed by atoms with Crippen LogP contribution in [0.3, 0.4) is 0 Å². The van der Waals surface area contributed by atoms with Crippen LogP contribution < -0.4 is 10.3 Å². The summed E-state index contributed by atoms with van der Waals surface area (Å²) < 4.78 is 12.6. The molecule has 2 aliphatic heterocycles. The van der Waals surface area contributed by atoms with Crippen molar-refractivity contribution in [3.63, 3.8) is 0 Å². The number of carbonyl (C=O) groups is 1. The molecule has 45 heavy (non-hydrogen) atoms. The number of hydrogen-bond donors (Lipinski definition) is 2. The zero-order chi connectivity index (χ0) is 32.0. The van der Waals surface area contributed by atoms with E-state index in [2.05, 4.69) is 26.9 Å². The molecule has 4 heterocycles. The number of likely N-dealkylation sites (N-methyl/N-ethyl adjacent to an activating group) is 1. The lowest BCUT2D eigenvalue weighted by Crippen LogP contribution is -2.48. The van der Waals surface area contributed by atoms with E-state index in [1.807, 2.05) is 27.8 Å². The van der Waals surface area contributed by atoms with Crippen molar-refractivity contribution < 1.29 is 24.2 Å². The number of pyridine rings is 1. The van der Waals surface area contributed by atoms with Crippen molar-refractivity contribution in [1.82, 2.24) is 9.88 Å². The van der Waals surface area contributed by atoms with Crippen molar-refractivity contribution in [1.29, 1.82) is 0 Å². The number of ether oxygens (including phenoxy) is 1. The van der Waals surface area contributed by atoms with Crippen LogP contribution in [0.1, 0.15) is 49.1 Å². The maximum atomic E-state index is 13.9. The van der Waals surface area contributed by atoms with Gasteiger partial charge >= 0.3 is 5.97 Å². The molecule has 10 heteroatoms. The van der Waals surface area contributed by atoms with Gasteiger partial charge in [-0.1, -0.05) is 23.7 Å². The van der Waals surface area contributed by atoms with Gasteiger partial charge in [0.2, 0.25) is 0 Å². The largest absolute Gasteiger partial charge is 0.507 e. The second-order valence-corrected chi connectivity index (χ2v) is 13.2. The number of carbonyl (C=O) groups excluding carboxylic acids is 1. The smallest absolute Gasteiger partial charge is 0.312 e. The highest BCUT2D eigenvalue weighted by Crippen LogP contribution is 2.45. The van der Waals surface area contributed by atoms with E-state index in [4.69, 9.17) is 20.8 Å². The normalized spacial score (nSPS) is 20.3. The minimum Gasteiger partial charge on any atom is -0.507 e. The number of rotatable bonds is 5. The minimum atomic E-state index is -0.683. The number of piperidine rings is 2. The molecule has 6 rings (SSSR count). The number of aryl methyl sites for hydroxylation is 2. The molecule has 2 aromatic carbocycles. The highest BCUT2D eigenvalue weighted by molar-refractivity contribution is 6.33. The number of aromatic hydroxyl groups is 2. The van der Waals surface area contributed by atoms with Crippen molar-refractivity contribution >= 4 is 34.2 Å². The van der Waals surface area contributed by atoms with E-state index in [-0.39, 0.29) is 34.2 Å². The van der Waals surface area contributed by atoms with Crippen LogP contribution in [0.15, 0.2) is 57.7 Å². The molecule has 4 aromatic rings. The fraction of sp³-hybridized carbons (Fsp3) is 0.400. The summed E-state index contributed by atoms with van der Waals surface area (Å²) in [4.78, 5) is 36.1. The average Bonchev–Trinajstić information content (AvgIpc) is 2.97. The lowest BCUT2D eigenvalue weighted by Gasteiger charge is -2.42. The van der Waals surface area contributed by atoms with Crippen molar-refractivity contribution in [3.8, 4) is 22.8 Å². The second-order valence-electron chi connectivity index (χ2n) is 12.7. The first-order valence-corrected chi connectivity index (χ1v) is 15.7. The quantitative estimate of drug-likeness (QED) is 0.249. The monoisotopic (exact) mass is 631 g/mol. The summed E-state index contributed by atoms with van der Waals surface area (Å²) >= 11 is 6.42. The van der Waals surface area contributed by atoms with E-state index >= 15 is 0 Å². The van der Waals surface area contributed by atoms with Gasteiger partial charge in [0, 0.05) is 65.9 Å². The lowest BCUT2D eigenvalue weighted by atomic mass is 9.79. The summed E-state index contributed by atoms with van der Waals surface area (Å²) in [5.41, 5.74) is 2.79. The highest BCUT2D eigenvalue weighted by Gasteiger charge is 2.43. The molecule has 0 amide bonds. The molecule has 0 bridgehead atoms. The Balaban J connectivity index is 1.32. The maximum Gasteiger partial charge on any atom is 0.312 e. The summed E-state index contributed by atoms with van der Waals surface area (Å²) in [6.45, 7) is 8.45. The van der Waals surface area contributed by atoms with Gasteiger partial charge in [-0.25, -0.2) is 0 Å². The molecule has 2 aliphatic rings. The Morgan fingerprint density at radius 3 is 2.42 bits per heavy atom. The van der Waals surface area contributed by atoms with E-state index in [1.54, 1.807) is 24.3 Å². The van der Waals surface area contributed by atoms with Gasteiger partial charge in [0.25, 0.3) is 0 Å². The third-order valence-electron chi connectivity index (χ3n) is 9.32. The van der Waals surface area contributed by atoms with Crippen LogP contribution in [0.2, 0.25) is 5.02 Å². The van der Waals surface area contributed by atoms with E-state index in [9.17, 15) is 19.8 Å². The Bertz CT molecular complexity index is 1810. The average molecular weight is 632 g/mol. The number of anilines is 1. The minimum absolute atomic E-state index is 0.0384. The number of phenols is 2. The Labute approximate surface area is 267 Å². The summed E-state index contributed by atoms with van der Waals surface area (Å²) in [6.07, 6.45) is 1.17. The Morgan fingerprint density at radius 2 is 1.73 bits per heavy atom. The predicted octanol–water partition coefficient (Wildman–Crippen LogP) is 6.17. The van der Waals surface area contributed by atoms with Gasteiger partial charge < -0.3 is 29.2 Å². The van der Waals surface area contributed by atoms with Gasteiger partial charge in [-0.15, -0.1) is 0 Å². The van der Waals surface area contributed by atoms with Crippen LogP contribution in [0.25, 0.3) is 22.3 Å². The number of fused-ring (bicyclic) bond motifs is 1.